The molecule has 1 amide bonds. The number of amidine groups is 1. The van der Waals surface area contributed by atoms with E-state index >= 15 is 0 Å². The Balaban J connectivity index is 1.87. The Morgan fingerprint density at radius 2 is 1.78 bits per heavy atom. The van der Waals surface area contributed by atoms with Gasteiger partial charge in [-0.25, -0.2) is 4.99 Å². The van der Waals surface area contributed by atoms with E-state index in [1.165, 1.54) is 0 Å². The van der Waals surface area contributed by atoms with E-state index < -0.39 is 0 Å². The minimum atomic E-state index is -0.188. The molecule has 4 rings (SSSR count). The molecule has 27 heavy (non-hydrogen) atoms. The number of aryl methyl sites for hydroxylation is 1. The predicted molar refractivity (Wildman–Crippen MR) is 109 cm³/mol. The van der Waals surface area contributed by atoms with E-state index in [1.807, 2.05) is 61.5 Å². The first-order chi connectivity index (χ1) is 13.1. The molecule has 0 bridgehead atoms. The van der Waals surface area contributed by atoms with Gasteiger partial charge in [0.1, 0.15) is 11.5 Å². The smallest absolute Gasteiger partial charge is 0.266 e. The zero-order chi connectivity index (χ0) is 18.8. The van der Waals surface area contributed by atoms with Crippen LogP contribution in [0.2, 0.25) is 5.02 Å². The third kappa shape index (κ3) is 3.39. The number of hydrogen-bond donors (Lipinski definition) is 0. The molecule has 0 aliphatic carbocycles. The molecule has 1 aliphatic heterocycles. The topological polar surface area (TPSA) is 45.6 Å². The van der Waals surface area contributed by atoms with Gasteiger partial charge in [0.2, 0.25) is 0 Å². The largest absolute Gasteiger partial charge is 0.282 e. The summed E-state index contributed by atoms with van der Waals surface area (Å²) in [4.78, 5) is 23.5. The maximum absolute atomic E-state index is 13.2. The van der Waals surface area contributed by atoms with Gasteiger partial charge in [-0.3, -0.25) is 14.7 Å². The summed E-state index contributed by atoms with van der Waals surface area (Å²) in [6, 6.07) is 18.8. The molecule has 5 heteroatoms. The van der Waals surface area contributed by atoms with E-state index in [4.69, 9.17) is 11.6 Å². The summed E-state index contributed by atoms with van der Waals surface area (Å²) in [7, 11) is 0. The van der Waals surface area contributed by atoms with Crippen LogP contribution in [-0.4, -0.2) is 16.7 Å². The molecule has 2 aromatic carbocycles. The van der Waals surface area contributed by atoms with Crippen molar-refractivity contribution in [3.8, 4) is 0 Å². The summed E-state index contributed by atoms with van der Waals surface area (Å²) >= 11 is 6.40. The maximum atomic E-state index is 13.2. The van der Waals surface area contributed by atoms with Gasteiger partial charge in [-0.2, -0.15) is 0 Å². The summed E-state index contributed by atoms with van der Waals surface area (Å²) in [6.07, 6.45) is 5.13. The monoisotopic (exact) mass is 373 g/mol. The molecule has 4 nitrogen and oxygen atoms in total. The van der Waals surface area contributed by atoms with Crippen molar-refractivity contribution < 1.29 is 4.79 Å². The summed E-state index contributed by atoms with van der Waals surface area (Å²) < 4.78 is 0. The number of halogens is 1. The van der Waals surface area contributed by atoms with Crippen LogP contribution in [0.4, 0.5) is 5.69 Å². The van der Waals surface area contributed by atoms with E-state index in [0.717, 1.165) is 16.8 Å². The van der Waals surface area contributed by atoms with Crippen LogP contribution in [0.1, 0.15) is 16.7 Å². The molecule has 1 aliphatic rings. The molecular formula is C22H16ClN3O. The minimum Gasteiger partial charge on any atom is -0.266 e. The van der Waals surface area contributed by atoms with E-state index in [2.05, 4.69) is 9.98 Å². The molecule has 2 heterocycles. The van der Waals surface area contributed by atoms with Crippen molar-refractivity contribution in [3.63, 3.8) is 0 Å². The molecule has 0 fully saturated rings. The second kappa shape index (κ2) is 7.17. The molecule has 0 radical (unpaired) electrons. The van der Waals surface area contributed by atoms with Crippen LogP contribution in [0.15, 0.2) is 83.7 Å². The number of amides is 1. The van der Waals surface area contributed by atoms with E-state index in [-0.39, 0.29) is 5.91 Å². The van der Waals surface area contributed by atoms with Gasteiger partial charge >= 0.3 is 0 Å². The summed E-state index contributed by atoms with van der Waals surface area (Å²) in [5.41, 5.74) is 3.76. The molecular weight excluding hydrogens is 358 g/mol. The predicted octanol–water partition coefficient (Wildman–Crippen LogP) is 4.88. The molecule has 0 saturated heterocycles. The lowest BCUT2D eigenvalue weighted by molar-refractivity contribution is -0.113. The van der Waals surface area contributed by atoms with Gasteiger partial charge in [-0.1, -0.05) is 35.9 Å². The lowest BCUT2D eigenvalue weighted by Crippen LogP contribution is -2.32. The van der Waals surface area contributed by atoms with E-state index in [0.29, 0.717) is 22.1 Å². The number of hydrogen-bond acceptors (Lipinski definition) is 3. The Kier molecular flexibility index (Phi) is 4.57. The SMILES string of the molecule is Cc1cccc(N2C(=O)/C(=C\c3ccncc3)N=C2c2ccccc2Cl)c1. The fraction of sp³-hybridized carbons (Fsp3) is 0.0455. The molecule has 3 aromatic rings. The van der Waals surface area contributed by atoms with Gasteiger partial charge in [-0.15, -0.1) is 0 Å². The zero-order valence-corrected chi connectivity index (χ0v) is 15.4. The van der Waals surface area contributed by atoms with Gasteiger partial charge in [-0.05, 0) is 60.5 Å². The van der Waals surface area contributed by atoms with Crippen LogP contribution in [0.25, 0.3) is 6.08 Å². The van der Waals surface area contributed by atoms with Crippen LogP contribution < -0.4 is 4.90 Å². The number of aromatic nitrogens is 1. The van der Waals surface area contributed by atoms with Gasteiger partial charge in [0.25, 0.3) is 5.91 Å². The van der Waals surface area contributed by atoms with Crippen molar-refractivity contribution in [2.24, 2.45) is 4.99 Å². The molecule has 1 aromatic heterocycles. The van der Waals surface area contributed by atoms with Crippen LogP contribution >= 0.6 is 11.6 Å². The van der Waals surface area contributed by atoms with Crippen molar-refractivity contribution in [2.75, 3.05) is 4.90 Å². The van der Waals surface area contributed by atoms with Crippen LogP contribution in [0.3, 0.4) is 0 Å². The zero-order valence-electron chi connectivity index (χ0n) is 14.6. The van der Waals surface area contributed by atoms with E-state index in [9.17, 15) is 4.79 Å². The second-order valence-electron chi connectivity index (χ2n) is 6.20. The normalized spacial score (nSPS) is 15.3. The summed E-state index contributed by atoms with van der Waals surface area (Å²) in [5, 5.41) is 0.548. The van der Waals surface area contributed by atoms with Crippen molar-refractivity contribution in [1.82, 2.24) is 4.98 Å². The molecule has 0 unspecified atom stereocenters. The maximum Gasteiger partial charge on any atom is 0.282 e. The molecule has 0 spiro atoms. The highest BCUT2D eigenvalue weighted by molar-refractivity contribution is 6.39. The Labute approximate surface area is 162 Å². The number of anilines is 1. The Hall–Kier alpha value is -3.24. The number of aliphatic imine (C=N–C) groups is 1. The molecule has 0 saturated carbocycles. The average molecular weight is 374 g/mol. The molecule has 0 atom stereocenters. The summed E-state index contributed by atoms with van der Waals surface area (Å²) in [6.45, 7) is 1.99. The summed E-state index contributed by atoms with van der Waals surface area (Å²) in [5.74, 6) is 0.337. The lowest BCUT2D eigenvalue weighted by atomic mass is 10.1. The lowest BCUT2D eigenvalue weighted by Gasteiger charge is -2.19. The highest BCUT2D eigenvalue weighted by Gasteiger charge is 2.33. The highest BCUT2D eigenvalue weighted by atomic mass is 35.5. The van der Waals surface area contributed by atoms with Crippen molar-refractivity contribution in [3.05, 3.63) is 100 Å². The van der Waals surface area contributed by atoms with Crippen molar-refractivity contribution in [2.45, 2.75) is 6.92 Å². The highest BCUT2D eigenvalue weighted by Crippen LogP contribution is 2.30. The minimum absolute atomic E-state index is 0.188. The van der Waals surface area contributed by atoms with Crippen LogP contribution in [0.5, 0.6) is 0 Å². The van der Waals surface area contributed by atoms with Gasteiger partial charge < -0.3 is 0 Å². The van der Waals surface area contributed by atoms with E-state index in [1.54, 1.807) is 29.4 Å². The number of benzene rings is 2. The number of rotatable bonds is 3. The Morgan fingerprint density at radius 1 is 1.00 bits per heavy atom. The first-order valence-corrected chi connectivity index (χ1v) is 8.88. The third-order valence-electron chi connectivity index (χ3n) is 4.24. The molecule has 0 N–H and O–H groups in total. The molecule has 132 valence electrons. The first kappa shape index (κ1) is 17.2. The first-order valence-electron chi connectivity index (χ1n) is 8.50. The average Bonchev–Trinajstić information content (AvgIpc) is 2.99. The van der Waals surface area contributed by atoms with Crippen LogP contribution in [0, 0.1) is 6.92 Å². The van der Waals surface area contributed by atoms with Gasteiger partial charge in [0, 0.05) is 18.0 Å². The van der Waals surface area contributed by atoms with Gasteiger partial charge in [0.05, 0.1) is 10.7 Å². The standard InChI is InChI=1S/C22H16ClN3O/c1-15-5-4-6-17(13-15)26-21(18-7-2-3-8-19(18)23)25-20(22(26)27)14-16-9-11-24-12-10-16/h2-14H,1H3/b20-14+. The number of pyridine rings is 1. The van der Waals surface area contributed by atoms with Gasteiger partial charge in [0.15, 0.2) is 0 Å². The second-order valence-corrected chi connectivity index (χ2v) is 6.61. The number of carbonyl (C=O) groups excluding carboxylic acids is 1. The Morgan fingerprint density at radius 3 is 2.52 bits per heavy atom. The fourth-order valence-corrected chi connectivity index (χ4v) is 3.18. The fourth-order valence-electron chi connectivity index (χ4n) is 2.96. The Bertz CT molecular complexity index is 1070. The van der Waals surface area contributed by atoms with Crippen molar-refractivity contribution >= 4 is 35.1 Å². The quantitative estimate of drug-likeness (QED) is 0.614. The number of carbonyl (C=O) groups is 1. The number of nitrogens with zero attached hydrogens (tertiary/aromatic N) is 3. The van der Waals surface area contributed by atoms with Crippen molar-refractivity contribution in [1.29, 1.82) is 0 Å². The third-order valence-corrected chi connectivity index (χ3v) is 4.57. The van der Waals surface area contributed by atoms with Crippen LogP contribution in [-0.2, 0) is 4.79 Å².